The summed E-state index contributed by atoms with van der Waals surface area (Å²) in [7, 11) is -8.18. The van der Waals surface area contributed by atoms with Crippen LogP contribution in [0.3, 0.4) is 0 Å². The zero-order valence-electron chi connectivity index (χ0n) is 22.9. The molecule has 0 aliphatic carbocycles. The van der Waals surface area contributed by atoms with Crippen molar-refractivity contribution in [2.24, 2.45) is 0 Å². The summed E-state index contributed by atoms with van der Waals surface area (Å²) in [6.07, 6.45) is -3.84. The lowest BCUT2D eigenvalue weighted by Crippen LogP contribution is -2.37. The van der Waals surface area contributed by atoms with Crippen molar-refractivity contribution in [3.63, 3.8) is 0 Å². The highest BCUT2D eigenvalue weighted by atomic mass is 35.5. The molecular weight excluding hydrogens is 643 g/mol. The summed E-state index contributed by atoms with van der Waals surface area (Å²) >= 11 is 5.58. The molecule has 4 aromatic rings. The molecule has 4 rings (SSSR count). The first-order valence-corrected chi connectivity index (χ1v) is 16.4. The van der Waals surface area contributed by atoms with Gasteiger partial charge in [0.2, 0.25) is 15.9 Å². The molecule has 9 nitrogen and oxygen atoms in total. The molecule has 0 radical (unpaired) electrons. The van der Waals surface area contributed by atoms with Gasteiger partial charge in [0.15, 0.2) is 0 Å². The zero-order valence-corrected chi connectivity index (χ0v) is 25.3. The highest BCUT2D eigenvalue weighted by Gasteiger charge is 2.33. The third kappa shape index (κ3) is 8.65. The van der Waals surface area contributed by atoms with Crippen LogP contribution in [0.4, 0.5) is 30.2 Å². The number of sulfonamides is 2. The van der Waals surface area contributed by atoms with Gasteiger partial charge in [-0.1, -0.05) is 41.9 Å². The van der Waals surface area contributed by atoms with Crippen molar-refractivity contribution in [1.29, 1.82) is 0 Å². The van der Waals surface area contributed by atoms with Crippen LogP contribution in [-0.4, -0.2) is 35.5 Å². The van der Waals surface area contributed by atoms with Crippen LogP contribution in [-0.2, 0) is 37.6 Å². The summed E-state index contributed by atoms with van der Waals surface area (Å²) in [5.74, 6) is -0.216. The van der Waals surface area contributed by atoms with Crippen LogP contribution in [0.15, 0.2) is 102 Å². The van der Waals surface area contributed by atoms with Crippen molar-refractivity contribution in [3.8, 4) is 5.75 Å². The van der Waals surface area contributed by atoms with Gasteiger partial charge in [0.25, 0.3) is 10.0 Å². The highest BCUT2D eigenvalue weighted by Crippen LogP contribution is 2.36. The smallest absolute Gasteiger partial charge is 0.417 e. The van der Waals surface area contributed by atoms with E-state index in [2.05, 4.69) is 10.0 Å². The number of hydrogen-bond acceptors (Lipinski definition) is 6. The maximum absolute atomic E-state index is 13.1. The lowest BCUT2D eigenvalue weighted by molar-refractivity contribution is -0.137. The third-order valence-electron chi connectivity index (χ3n) is 6.03. The summed E-state index contributed by atoms with van der Waals surface area (Å²) in [6, 6.07) is 22.9. The molecule has 0 spiro atoms. The minimum Gasteiger partial charge on any atom is -0.489 e. The van der Waals surface area contributed by atoms with Gasteiger partial charge in [0.1, 0.15) is 18.9 Å². The number of carbonyl (C=O) groups excluding carboxylic acids is 1. The summed E-state index contributed by atoms with van der Waals surface area (Å²) in [5, 5.41) is 1.91. The van der Waals surface area contributed by atoms with Crippen LogP contribution in [0.1, 0.15) is 11.1 Å². The maximum Gasteiger partial charge on any atom is 0.417 e. The van der Waals surface area contributed by atoms with Gasteiger partial charge in [-0.3, -0.25) is 13.8 Å². The van der Waals surface area contributed by atoms with Crippen LogP contribution in [0.5, 0.6) is 5.75 Å². The van der Waals surface area contributed by atoms with E-state index in [0.717, 1.165) is 40.4 Å². The largest absolute Gasteiger partial charge is 0.489 e. The van der Waals surface area contributed by atoms with Crippen LogP contribution >= 0.6 is 11.6 Å². The molecule has 2 N–H and O–H groups in total. The van der Waals surface area contributed by atoms with Crippen LogP contribution < -0.4 is 19.1 Å². The van der Waals surface area contributed by atoms with E-state index in [1.54, 1.807) is 12.1 Å². The fourth-order valence-electron chi connectivity index (χ4n) is 3.92. The van der Waals surface area contributed by atoms with Crippen LogP contribution in [0.25, 0.3) is 0 Å². The minimum atomic E-state index is -4.79. The Hall–Kier alpha value is -4.27. The number of carbonyl (C=O) groups is 1. The van der Waals surface area contributed by atoms with Crippen molar-refractivity contribution < 1.29 is 39.5 Å². The number of nitrogens with one attached hydrogen (secondary N) is 2. The summed E-state index contributed by atoms with van der Waals surface area (Å²) in [4.78, 5) is 12.5. The molecule has 0 heterocycles. The fourth-order valence-corrected chi connectivity index (χ4v) is 6.05. The summed E-state index contributed by atoms with van der Waals surface area (Å²) in [6.45, 7) is -0.266. The van der Waals surface area contributed by atoms with Crippen LogP contribution in [0, 0.1) is 0 Å². The monoisotopic (exact) mass is 667 g/mol. The Morgan fingerprint density at radius 2 is 1.48 bits per heavy atom. The average Bonchev–Trinajstić information content (AvgIpc) is 2.96. The second kappa shape index (κ2) is 13.2. The fraction of sp³-hybridized carbons (Fsp3) is 0.138. The Morgan fingerprint density at radius 3 is 2.07 bits per heavy atom. The Kier molecular flexibility index (Phi) is 9.76. The molecule has 0 unspecified atom stereocenters. The van der Waals surface area contributed by atoms with E-state index in [1.807, 2.05) is 30.3 Å². The number of amides is 1. The normalized spacial score (nSPS) is 11.9. The van der Waals surface area contributed by atoms with Gasteiger partial charge in [-0.15, -0.1) is 0 Å². The van der Waals surface area contributed by atoms with Gasteiger partial charge in [-0.2, -0.15) is 13.2 Å². The first-order chi connectivity index (χ1) is 20.6. The number of anilines is 3. The van der Waals surface area contributed by atoms with Gasteiger partial charge in [-0.05, 0) is 72.3 Å². The lowest BCUT2D eigenvalue weighted by Gasteiger charge is -2.22. The Labute approximate surface area is 257 Å². The van der Waals surface area contributed by atoms with Gasteiger partial charge in [0.05, 0.1) is 27.4 Å². The van der Waals surface area contributed by atoms with Gasteiger partial charge in [0, 0.05) is 11.4 Å². The van der Waals surface area contributed by atoms with E-state index in [1.165, 1.54) is 24.3 Å². The van der Waals surface area contributed by atoms with E-state index in [-0.39, 0.29) is 22.0 Å². The zero-order chi connectivity index (χ0) is 32.1. The van der Waals surface area contributed by atoms with E-state index >= 15 is 0 Å². The van der Waals surface area contributed by atoms with Gasteiger partial charge in [-0.25, -0.2) is 16.8 Å². The summed E-state index contributed by atoms with van der Waals surface area (Å²) in [5.41, 5.74) is -0.228. The number of alkyl halides is 3. The van der Waals surface area contributed by atoms with Crippen molar-refractivity contribution >= 4 is 54.6 Å². The topological polar surface area (TPSA) is 122 Å². The second-order valence-corrected chi connectivity index (χ2v) is 13.4. The molecule has 232 valence electrons. The van der Waals surface area contributed by atoms with Crippen molar-refractivity contribution in [2.45, 2.75) is 17.7 Å². The second-order valence-electron chi connectivity index (χ2n) is 9.41. The first-order valence-electron chi connectivity index (χ1n) is 12.7. The number of ether oxygens (including phenoxy) is 1. The molecule has 1 amide bonds. The SMILES string of the molecule is CS(=O)(=O)N(CC(=O)Nc1ccc(S(=O)(=O)Nc2ccc(Cl)c(C(F)(F)F)c2)cc1)c1ccc(OCc2ccccc2)cc1. The molecule has 4 aromatic carbocycles. The van der Waals surface area contributed by atoms with E-state index in [0.29, 0.717) is 18.4 Å². The lowest BCUT2D eigenvalue weighted by atomic mass is 10.2. The molecule has 0 atom stereocenters. The molecule has 0 fully saturated rings. The predicted octanol–water partition coefficient (Wildman–Crippen LogP) is 6.14. The van der Waals surface area contributed by atoms with E-state index in [4.69, 9.17) is 16.3 Å². The molecular formula is C29H25ClF3N3O6S2. The van der Waals surface area contributed by atoms with Crippen molar-refractivity contribution in [1.82, 2.24) is 0 Å². The number of rotatable bonds is 11. The van der Waals surface area contributed by atoms with E-state index < -0.39 is 49.3 Å². The van der Waals surface area contributed by atoms with Gasteiger partial charge >= 0.3 is 6.18 Å². The van der Waals surface area contributed by atoms with Crippen molar-refractivity contribution in [2.75, 3.05) is 27.1 Å². The molecule has 0 saturated heterocycles. The number of benzene rings is 4. The van der Waals surface area contributed by atoms with Gasteiger partial charge < -0.3 is 10.1 Å². The average molecular weight is 668 g/mol. The molecule has 0 aliphatic rings. The van der Waals surface area contributed by atoms with Crippen molar-refractivity contribution in [3.05, 3.63) is 113 Å². The standard InChI is InChI=1S/C29H25ClF3N3O6S2/c1-43(38,39)36(23-10-12-24(13-11-23)42-19-20-5-3-2-4-6-20)18-28(37)34-21-7-14-25(15-8-21)44(40,41)35-22-9-16-27(30)26(17-22)29(31,32)33/h2-17,35H,18-19H2,1H3,(H,34,37). The number of nitrogens with zero attached hydrogens (tertiary/aromatic N) is 1. The summed E-state index contributed by atoms with van der Waals surface area (Å²) < 4.78 is 98.5. The van der Waals surface area contributed by atoms with E-state index in [9.17, 15) is 34.8 Å². The molecule has 0 bridgehead atoms. The minimum absolute atomic E-state index is 0.151. The molecule has 15 heteroatoms. The first kappa shape index (κ1) is 32.6. The predicted molar refractivity (Wildman–Crippen MR) is 162 cm³/mol. The maximum atomic E-state index is 13.1. The molecule has 0 saturated carbocycles. The highest BCUT2D eigenvalue weighted by molar-refractivity contribution is 7.92. The Morgan fingerprint density at radius 1 is 0.864 bits per heavy atom. The third-order valence-corrected chi connectivity index (χ3v) is 8.90. The molecule has 0 aliphatic heterocycles. The quantitative estimate of drug-likeness (QED) is 0.198. The molecule has 0 aromatic heterocycles. The Bertz CT molecular complexity index is 1840. The Balaban J connectivity index is 1.40. The number of hydrogen-bond donors (Lipinski definition) is 2. The number of halogens is 4. The molecule has 44 heavy (non-hydrogen) atoms. The van der Waals surface area contributed by atoms with Crippen LogP contribution in [0.2, 0.25) is 5.02 Å².